The predicted octanol–water partition coefficient (Wildman–Crippen LogP) is 1.54. The number of hydrogen-bond acceptors (Lipinski definition) is 4. The zero-order chi connectivity index (χ0) is 12.5. The van der Waals surface area contributed by atoms with Gasteiger partial charge in [0.1, 0.15) is 0 Å². The number of carbonyl (C=O) groups is 1. The van der Waals surface area contributed by atoms with Gasteiger partial charge in [-0.05, 0) is 18.2 Å². The zero-order valence-corrected chi connectivity index (χ0v) is 9.85. The Morgan fingerprint density at radius 3 is 2.83 bits per heavy atom. The van der Waals surface area contributed by atoms with Gasteiger partial charge < -0.3 is 19.7 Å². The quantitative estimate of drug-likeness (QED) is 0.841. The summed E-state index contributed by atoms with van der Waals surface area (Å²) in [7, 11) is 0. The van der Waals surface area contributed by atoms with Crippen LogP contribution >= 0.6 is 0 Å². The summed E-state index contributed by atoms with van der Waals surface area (Å²) in [6.45, 7) is 3.89. The Bertz CT molecular complexity index is 585. The van der Waals surface area contributed by atoms with E-state index in [1.54, 1.807) is 0 Å². The van der Waals surface area contributed by atoms with Gasteiger partial charge in [-0.25, -0.2) is 4.79 Å². The number of rotatable bonds is 2. The van der Waals surface area contributed by atoms with Gasteiger partial charge in [0.2, 0.25) is 5.76 Å². The largest absolute Gasteiger partial charge is 0.475 e. The van der Waals surface area contributed by atoms with Crippen molar-refractivity contribution in [2.24, 2.45) is 0 Å². The fourth-order valence-corrected chi connectivity index (χ4v) is 2.33. The zero-order valence-electron chi connectivity index (χ0n) is 9.85. The molecule has 1 fully saturated rings. The maximum Gasteiger partial charge on any atom is 0.372 e. The first-order valence-corrected chi connectivity index (χ1v) is 5.96. The van der Waals surface area contributed by atoms with E-state index in [9.17, 15) is 4.79 Å². The SMILES string of the molecule is O=C(O)c1occ2cc(N3CCNCC3)ccc12. The van der Waals surface area contributed by atoms with E-state index in [1.807, 2.05) is 18.2 Å². The van der Waals surface area contributed by atoms with E-state index in [-0.39, 0.29) is 5.76 Å². The van der Waals surface area contributed by atoms with E-state index in [0.717, 1.165) is 37.3 Å². The summed E-state index contributed by atoms with van der Waals surface area (Å²) < 4.78 is 5.09. The highest BCUT2D eigenvalue weighted by atomic mass is 16.4. The number of anilines is 1. The lowest BCUT2D eigenvalue weighted by Gasteiger charge is -2.29. The van der Waals surface area contributed by atoms with Crippen molar-refractivity contribution in [1.82, 2.24) is 5.32 Å². The first-order valence-electron chi connectivity index (χ1n) is 5.96. The number of aromatic carboxylic acids is 1. The molecular formula is C13H14N2O3. The summed E-state index contributed by atoms with van der Waals surface area (Å²) >= 11 is 0. The molecule has 0 atom stereocenters. The van der Waals surface area contributed by atoms with Crippen molar-refractivity contribution in [3.05, 3.63) is 30.2 Å². The molecule has 94 valence electrons. The third-order valence-corrected chi connectivity index (χ3v) is 3.26. The molecule has 0 spiro atoms. The van der Waals surface area contributed by atoms with Crippen molar-refractivity contribution in [3.63, 3.8) is 0 Å². The molecule has 0 bridgehead atoms. The molecule has 0 radical (unpaired) electrons. The molecule has 0 saturated carbocycles. The van der Waals surface area contributed by atoms with E-state index in [4.69, 9.17) is 9.52 Å². The molecule has 3 rings (SSSR count). The van der Waals surface area contributed by atoms with Crippen molar-refractivity contribution in [2.45, 2.75) is 0 Å². The highest BCUT2D eigenvalue weighted by Gasteiger charge is 2.15. The van der Waals surface area contributed by atoms with Crippen molar-refractivity contribution in [1.29, 1.82) is 0 Å². The van der Waals surface area contributed by atoms with Gasteiger partial charge in [-0.15, -0.1) is 0 Å². The number of nitrogens with one attached hydrogen (secondary N) is 1. The monoisotopic (exact) mass is 246 g/mol. The molecule has 2 N–H and O–H groups in total. The summed E-state index contributed by atoms with van der Waals surface area (Å²) in [6.07, 6.45) is 1.50. The smallest absolute Gasteiger partial charge is 0.372 e. The molecule has 5 heteroatoms. The Labute approximate surface area is 104 Å². The van der Waals surface area contributed by atoms with Gasteiger partial charge in [-0.3, -0.25) is 0 Å². The summed E-state index contributed by atoms with van der Waals surface area (Å²) in [5.74, 6) is -1.02. The first-order chi connectivity index (χ1) is 8.75. The molecule has 1 aromatic heterocycles. The molecule has 0 amide bonds. The van der Waals surface area contributed by atoms with Gasteiger partial charge in [-0.1, -0.05) is 0 Å². The van der Waals surface area contributed by atoms with Crippen LogP contribution in [0.25, 0.3) is 10.8 Å². The lowest BCUT2D eigenvalue weighted by Crippen LogP contribution is -2.43. The minimum atomic E-state index is -1.03. The van der Waals surface area contributed by atoms with Crippen molar-refractivity contribution in [3.8, 4) is 0 Å². The van der Waals surface area contributed by atoms with Crippen molar-refractivity contribution >= 4 is 22.4 Å². The Balaban J connectivity index is 1.98. The average molecular weight is 246 g/mol. The molecule has 5 nitrogen and oxygen atoms in total. The Kier molecular flexibility index (Phi) is 2.68. The van der Waals surface area contributed by atoms with E-state index in [1.165, 1.54) is 6.26 Å². The number of furan rings is 1. The Morgan fingerprint density at radius 1 is 1.33 bits per heavy atom. The lowest BCUT2D eigenvalue weighted by atomic mass is 10.1. The molecule has 2 heterocycles. The molecule has 1 aromatic carbocycles. The number of carboxylic acids is 1. The third-order valence-electron chi connectivity index (χ3n) is 3.26. The molecule has 0 unspecified atom stereocenters. The van der Waals surface area contributed by atoms with Crippen LogP contribution in [0.4, 0.5) is 5.69 Å². The lowest BCUT2D eigenvalue weighted by molar-refractivity contribution is 0.0665. The number of piperazine rings is 1. The van der Waals surface area contributed by atoms with Crippen LogP contribution in [0.5, 0.6) is 0 Å². The van der Waals surface area contributed by atoms with E-state index in [2.05, 4.69) is 10.2 Å². The second-order valence-electron chi connectivity index (χ2n) is 4.38. The van der Waals surface area contributed by atoms with Crippen LogP contribution in [-0.2, 0) is 0 Å². The maximum absolute atomic E-state index is 11.0. The maximum atomic E-state index is 11.0. The van der Waals surface area contributed by atoms with Crippen LogP contribution in [0.2, 0.25) is 0 Å². The topological polar surface area (TPSA) is 65.7 Å². The van der Waals surface area contributed by atoms with E-state index >= 15 is 0 Å². The molecule has 0 aliphatic carbocycles. The third kappa shape index (κ3) is 1.82. The number of hydrogen-bond donors (Lipinski definition) is 2. The Hall–Kier alpha value is -2.01. The molecule has 1 aliphatic heterocycles. The van der Waals surface area contributed by atoms with Gasteiger partial charge in [-0.2, -0.15) is 0 Å². The highest BCUT2D eigenvalue weighted by molar-refractivity contribution is 6.02. The standard InChI is InChI=1S/C13H14N2O3/c16-13(17)12-11-2-1-10(7-9(11)8-18-12)15-5-3-14-4-6-15/h1-2,7-8,14H,3-6H2,(H,16,17). The number of nitrogens with zero attached hydrogens (tertiary/aromatic N) is 1. The van der Waals surface area contributed by atoms with Crippen LogP contribution in [0, 0.1) is 0 Å². The van der Waals surface area contributed by atoms with Crippen LogP contribution in [-0.4, -0.2) is 37.3 Å². The number of carboxylic acid groups (broad SMARTS) is 1. The predicted molar refractivity (Wildman–Crippen MR) is 68.3 cm³/mol. The van der Waals surface area contributed by atoms with Crippen LogP contribution in [0.1, 0.15) is 10.6 Å². The fourth-order valence-electron chi connectivity index (χ4n) is 2.33. The van der Waals surface area contributed by atoms with Crippen molar-refractivity contribution in [2.75, 3.05) is 31.1 Å². The van der Waals surface area contributed by atoms with Crippen molar-refractivity contribution < 1.29 is 14.3 Å². The normalized spacial score (nSPS) is 16.1. The van der Waals surface area contributed by atoms with Gasteiger partial charge in [0.15, 0.2) is 0 Å². The van der Waals surface area contributed by atoms with Crippen LogP contribution in [0.3, 0.4) is 0 Å². The van der Waals surface area contributed by atoms with Crippen LogP contribution < -0.4 is 10.2 Å². The van der Waals surface area contributed by atoms with Gasteiger partial charge in [0.05, 0.1) is 6.26 Å². The van der Waals surface area contributed by atoms with E-state index in [0.29, 0.717) is 5.39 Å². The summed E-state index contributed by atoms with van der Waals surface area (Å²) in [6, 6.07) is 5.76. The first kappa shape index (κ1) is 11.1. The van der Waals surface area contributed by atoms with Gasteiger partial charge in [0.25, 0.3) is 0 Å². The van der Waals surface area contributed by atoms with E-state index < -0.39 is 5.97 Å². The Morgan fingerprint density at radius 2 is 2.11 bits per heavy atom. The number of benzene rings is 1. The molecule has 1 saturated heterocycles. The molecule has 18 heavy (non-hydrogen) atoms. The minimum Gasteiger partial charge on any atom is -0.475 e. The average Bonchev–Trinajstić information content (AvgIpc) is 2.82. The summed E-state index contributed by atoms with van der Waals surface area (Å²) in [5, 5.41) is 13.8. The highest BCUT2D eigenvalue weighted by Crippen LogP contribution is 2.26. The van der Waals surface area contributed by atoms with Gasteiger partial charge in [0, 0.05) is 42.6 Å². The molecular weight excluding hydrogens is 232 g/mol. The van der Waals surface area contributed by atoms with Gasteiger partial charge >= 0.3 is 5.97 Å². The second-order valence-corrected chi connectivity index (χ2v) is 4.38. The number of fused-ring (bicyclic) bond motifs is 1. The van der Waals surface area contributed by atoms with Crippen LogP contribution in [0.15, 0.2) is 28.9 Å². The molecule has 1 aliphatic rings. The summed E-state index contributed by atoms with van der Waals surface area (Å²) in [4.78, 5) is 13.2. The summed E-state index contributed by atoms with van der Waals surface area (Å²) in [5.41, 5.74) is 1.11. The second kappa shape index (κ2) is 4.34. The minimum absolute atomic E-state index is 0.0110. The molecule has 2 aromatic rings. The fraction of sp³-hybridized carbons (Fsp3) is 0.308.